The van der Waals surface area contributed by atoms with Crippen LogP contribution in [0.25, 0.3) is 0 Å². The van der Waals surface area contributed by atoms with E-state index in [2.05, 4.69) is 22.8 Å². The summed E-state index contributed by atoms with van der Waals surface area (Å²) < 4.78 is 1.60. The van der Waals surface area contributed by atoms with Crippen LogP contribution in [0.15, 0.2) is 41.3 Å². The maximum absolute atomic E-state index is 11.7. The van der Waals surface area contributed by atoms with Crippen molar-refractivity contribution in [1.82, 2.24) is 9.47 Å². The highest BCUT2D eigenvalue weighted by molar-refractivity contribution is 6.30. The lowest BCUT2D eigenvalue weighted by Crippen LogP contribution is -2.46. The molecule has 0 bridgehead atoms. The third kappa shape index (κ3) is 3.77. The Morgan fingerprint density at radius 2 is 1.83 bits per heavy atom. The molecule has 4 nitrogen and oxygen atoms in total. The number of hydrogen-bond donors (Lipinski definition) is 0. The van der Waals surface area contributed by atoms with Gasteiger partial charge in [0, 0.05) is 62.7 Å². The molecule has 1 aromatic carbocycles. The average Bonchev–Trinajstić information content (AvgIpc) is 2.54. The predicted molar refractivity (Wildman–Crippen MR) is 95.4 cm³/mol. The summed E-state index contributed by atoms with van der Waals surface area (Å²) >= 11 is 6.13. The van der Waals surface area contributed by atoms with Crippen molar-refractivity contribution in [2.45, 2.75) is 13.5 Å². The van der Waals surface area contributed by atoms with Gasteiger partial charge in [-0.25, -0.2) is 0 Å². The molecule has 0 saturated carbocycles. The summed E-state index contributed by atoms with van der Waals surface area (Å²) in [6.07, 6.45) is 1.84. The van der Waals surface area contributed by atoms with Gasteiger partial charge in [-0.15, -0.1) is 0 Å². The van der Waals surface area contributed by atoms with Gasteiger partial charge in [0.05, 0.1) is 0 Å². The minimum Gasteiger partial charge on any atom is -0.369 e. The number of halogens is 1. The fourth-order valence-corrected chi connectivity index (χ4v) is 3.18. The highest BCUT2D eigenvalue weighted by Gasteiger charge is 2.18. The first kappa shape index (κ1) is 16.1. The van der Waals surface area contributed by atoms with Crippen molar-refractivity contribution in [1.29, 1.82) is 0 Å². The summed E-state index contributed by atoms with van der Waals surface area (Å²) in [5.41, 5.74) is 3.62. The predicted octanol–water partition coefficient (Wildman–Crippen LogP) is 2.67. The summed E-state index contributed by atoms with van der Waals surface area (Å²) in [6.45, 7) is 6.89. The molecule has 1 aromatic heterocycles. The summed E-state index contributed by atoms with van der Waals surface area (Å²) in [6, 6.07) is 9.81. The molecule has 0 atom stereocenters. The Balaban J connectivity index is 1.63. The van der Waals surface area contributed by atoms with Crippen molar-refractivity contribution in [2.24, 2.45) is 7.05 Å². The van der Waals surface area contributed by atoms with Crippen LogP contribution in [0, 0.1) is 6.92 Å². The summed E-state index contributed by atoms with van der Waals surface area (Å²) in [5.74, 6) is 0. The normalized spacial score (nSPS) is 15.9. The smallest absolute Gasteiger partial charge is 0.250 e. The quantitative estimate of drug-likeness (QED) is 0.865. The number of hydrogen-bond acceptors (Lipinski definition) is 3. The number of aryl methyl sites for hydroxylation is 2. The molecule has 3 rings (SSSR count). The van der Waals surface area contributed by atoms with E-state index >= 15 is 0 Å². The van der Waals surface area contributed by atoms with Crippen molar-refractivity contribution in [3.63, 3.8) is 0 Å². The van der Waals surface area contributed by atoms with E-state index in [1.807, 2.05) is 24.4 Å². The molecular formula is C18H22ClN3O. The molecule has 0 amide bonds. The van der Waals surface area contributed by atoms with Gasteiger partial charge in [0.2, 0.25) is 0 Å². The summed E-state index contributed by atoms with van der Waals surface area (Å²) in [4.78, 5) is 16.5. The fourth-order valence-electron chi connectivity index (χ4n) is 3.02. The second-order valence-electron chi connectivity index (χ2n) is 6.18. The van der Waals surface area contributed by atoms with E-state index < -0.39 is 0 Å². The van der Waals surface area contributed by atoms with E-state index in [-0.39, 0.29) is 5.56 Å². The number of anilines is 1. The third-order valence-corrected chi connectivity index (χ3v) is 4.69. The van der Waals surface area contributed by atoms with Crippen molar-refractivity contribution in [3.8, 4) is 0 Å². The van der Waals surface area contributed by atoms with Gasteiger partial charge in [-0.3, -0.25) is 9.69 Å². The van der Waals surface area contributed by atoms with Crippen molar-refractivity contribution < 1.29 is 0 Å². The van der Waals surface area contributed by atoms with Gasteiger partial charge in [-0.2, -0.15) is 0 Å². The Labute approximate surface area is 141 Å². The number of benzene rings is 1. The Morgan fingerprint density at radius 3 is 2.52 bits per heavy atom. The van der Waals surface area contributed by atoms with Crippen molar-refractivity contribution in [2.75, 3.05) is 31.1 Å². The van der Waals surface area contributed by atoms with Crippen LogP contribution in [0.2, 0.25) is 5.02 Å². The molecule has 1 saturated heterocycles. The fraction of sp³-hybridized carbons (Fsp3) is 0.389. The van der Waals surface area contributed by atoms with E-state index in [9.17, 15) is 4.79 Å². The Bertz CT molecular complexity index is 748. The molecule has 0 radical (unpaired) electrons. The van der Waals surface area contributed by atoms with Gasteiger partial charge in [-0.05, 0) is 36.2 Å². The molecule has 122 valence electrons. The lowest BCUT2D eigenvalue weighted by Gasteiger charge is -2.37. The number of nitrogens with zero attached hydrogens (tertiary/aromatic N) is 3. The molecule has 0 unspecified atom stereocenters. The zero-order valence-electron chi connectivity index (χ0n) is 13.6. The maximum atomic E-state index is 11.7. The van der Waals surface area contributed by atoms with Gasteiger partial charge in [0.25, 0.3) is 5.56 Å². The Morgan fingerprint density at radius 1 is 1.09 bits per heavy atom. The van der Waals surface area contributed by atoms with Crippen LogP contribution < -0.4 is 10.5 Å². The Kier molecular flexibility index (Phi) is 4.74. The Hall–Kier alpha value is -1.78. The highest BCUT2D eigenvalue weighted by atomic mass is 35.5. The maximum Gasteiger partial charge on any atom is 0.250 e. The van der Waals surface area contributed by atoms with Gasteiger partial charge in [0.15, 0.2) is 0 Å². The topological polar surface area (TPSA) is 28.5 Å². The molecular weight excluding hydrogens is 310 g/mol. The first-order chi connectivity index (χ1) is 11.0. The van der Waals surface area contributed by atoms with Crippen LogP contribution in [-0.2, 0) is 13.6 Å². The second kappa shape index (κ2) is 6.77. The van der Waals surface area contributed by atoms with Crippen LogP contribution in [0.1, 0.15) is 11.1 Å². The summed E-state index contributed by atoms with van der Waals surface area (Å²) in [5, 5.41) is 0.785. The largest absolute Gasteiger partial charge is 0.369 e. The number of piperazine rings is 1. The molecule has 0 N–H and O–H groups in total. The molecule has 0 aliphatic carbocycles. The van der Waals surface area contributed by atoms with Crippen molar-refractivity contribution >= 4 is 17.3 Å². The molecule has 5 heteroatoms. The standard InChI is InChI=1S/C18H22ClN3O/c1-14-3-4-16(19)12-17(14)22-9-7-21(8-10-22)13-15-5-6-20(2)18(23)11-15/h3-6,11-12H,7-10,13H2,1-2H3. The van der Waals surface area contributed by atoms with Crippen LogP contribution in [0.4, 0.5) is 5.69 Å². The van der Waals surface area contributed by atoms with Gasteiger partial charge < -0.3 is 9.47 Å². The van der Waals surface area contributed by atoms with Gasteiger partial charge >= 0.3 is 0 Å². The number of rotatable bonds is 3. The zero-order chi connectivity index (χ0) is 16.4. The van der Waals surface area contributed by atoms with Crippen LogP contribution in [0.3, 0.4) is 0 Å². The van der Waals surface area contributed by atoms with Gasteiger partial charge in [0.1, 0.15) is 0 Å². The lowest BCUT2D eigenvalue weighted by atomic mass is 10.1. The first-order valence-corrected chi connectivity index (χ1v) is 8.30. The monoisotopic (exact) mass is 331 g/mol. The number of aromatic nitrogens is 1. The van der Waals surface area contributed by atoms with E-state index in [4.69, 9.17) is 11.6 Å². The SMILES string of the molecule is Cc1ccc(Cl)cc1N1CCN(Cc2ccn(C)c(=O)c2)CC1. The van der Waals surface area contributed by atoms with E-state index in [0.29, 0.717) is 0 Å². The zero-order valence-corrected chi connectivity index (χ0v) is 14.4. The van der Waals surface area contributed by atoms with E-state index in [1.165, 1.54) is 11.3 Å². The highest BCUT2D eigenvalue weighted by Crippen LogP contribution is 2.25. The first-order valence-electron chi connectivity index (χ1n) is 7.92. The molecule has 23 heavy (non-hydrogen) atoms. The molecule has 2 aromatic rings. The minimum absolute atomic E-state index is 0.0516. The van der Waals surface area contributed by atoms with Crippen LogP contribution in [0.5, 0.6) is 0 Å². The number of pyridine rings is 1. The van der Waals surface area contributed by atoms with Crippen LogP contribution in [-0.4, -0.2) is 35.6 Å². The average molecular weight is 332 g/mol. The van der Waals surface area contributed by atoms with Crippen LogP contribution >= 0.6 is 11.6 Å². The lowest BCUT2D eigenvalue weighted by molar-refractivity contribution is 0.249. The molecule has 1 fully saturated rings. The molecule has 0 spiro atoms. The van der Waals surface area contributed by atoms with E-state index in [1.54, 1.807) is 17.7 Å². The third-order valence-electron chi connectivity index (χ3n) is 4.46. The van der Waals surface area contributed by atoms with Gasteiger partial charge in [-0.1, -0.05) is 17.7 Å². The molecule has 1 aliphatic rings. The summed E-state index contributed by atoms with van der Waals surface area (Å²) in [7, 11) is 1.78. The minimum atomic E-state index is 0.0516. The molecule has 2 heterocycles. The van der Waals surface area contributed by atoms with Crippen molar-refractivity contribution in [3.05, 3.63) is 63.0 Å². The molecule has 1 aliphatic heterocycles. The second-order valence-corrected chi connectivity index (χ2v) is 6.61. The van der Waals surface area contributed by atoms with E-state index in [0.717, 1.165) is 43.3 Å².